The second-order valence-electron chi connectivity index (χ2n) is 7.64. The predicted octanol–water partition coefficient (Wildman–Crippen LogP) is 4.05. The van der Waals surface area contributed by atoms with E-state index in [-0.39, 0.29) is 11.9 Å². The third kappa shape index (κ3) is 5.64. The van der Waals surface area contributed by atoms with Gasteiger partial charge >= 0.3 is 0 Å². The van der Waals surface area contributed by atoms with Gasteiger partial charge in [0.05, 0.1) is 6.26 Å². The molecule has 1 amide bonds. The zero-order chi connectivity index (χ0) is 22.3. The molecule has 1 atom stereocenters. The van der Waals surface area contributed by atoms with Crippen molar-refractivity contribution >= 4 is 29.0 Å². The summed E-state index contributed by atoms with van der Waals surface area (Å²) in [5.74, 6) is 2.21. The number of fused-ring (bicyclic) bond motifs is 1. The van der Waals surface area contributed by atoms with Crippen molar-refractivity contribution in [2.24, 2.45) is 0 Å². The topological polar surface area (TPSA) is 97.4 Å². The number of halogens is 1. The summed E-state index contributed by atoms with van der Waals surface area (Å²) in [6, 6.07) is 15.2. The molecule has 0 saturated carbocycles. The van der Waals surface area contributed by atoms with Gasteiger partial charge in [0.25, 0.3) is 0 Å². The molecule has 166 valence electrons. The zero-order valence-electron chi connectivity index (χ0n) is 17.8. The number of hydrogen-bond acceptors (Lipinski definition) is 6. The normalized spacial score (nSPS) is 12.1. The van der Waals surface area contributed by atoms with Crippen LogP contribution in [0, 0.1) is 0 Å². The average Bonchev–Trinajstić information content (AvgIpc) is 3.45. The molecule has 1 aromatic carbocycles. The van der Waals surface area contributed by atoms with Crippen molar-refractivity contribution in [1.82, 2.24) is 25.1 Å². The first-order valence-corrected chi connectivity index (χ1v) is 11.0. The minimum Gasteiger partial charge on any atom is -0.469 e. The van der Waals surface area contributed by atoms with Crippen LogP contribution >= 0.6 is 11.6 Å². The van der Waals surface area contributed by atoms with Gasteiger partial charge in [-0.05, 0) is 49.2 Å². The molecule has 0 saturated heterocycles. The van der Waals surface area contributed by atoms with Gasteiger partial charge in [0.15, 0.2) is 11.5 Å². The number of nitrogens with one attached hydrogen (secondary N) is 2. The van der Waals surface area contributed by atoms with E-state index in [9.17, 15) is 4.79 Å². The third-order valence-electron chi connectivity index (χ3n) is 5.13. The Kier molecular flexibility index (Phi) is 7.01. The molecule has 2 N–H and O–H groups in total. The van der Waals surface area contributed by atoms with Crippen LogP contribution in [0.3, 0.4) is 0 Å². The van der Waals surface area contributed by atoms with Gasteiger partial charge in [-0.15, -0.1) is 15.3 Å². The second kappa shape index (κ2) is 10.3. The molecule has 9 heteroatoms. The molecule has 0 unspecified atom stereocenters. The molecular weight excluding hydrogens is 428 g/mol. The fraction of sp³-hybridized carbons (Fsp3) is 0.304. The largest absolute Gasteiger partial charge is 0.469 e. The van der Waals surface area contributed by atoms with E-state index in [0.29, 0.717) is 41.7 Å². The zero-order valence-corrected chi connectivity index (χ0v) is 18.5. The maximum atomic E-state index is 12.4. The first-order valence-electron chi connectivity index (χ1n) is 10.6. The van der Waals surface area contributed by atoms with E-state index in [0.717, 1.165) is 24.2 Å². The highest BCUT2D eigenvalue weighted by Gasteiger charge is 2.13. The van der Waals surface area contributed by atoms with E-state index in [1.807, 2.05) is 55.5 Å². The number of amides is 1. The molecule has 0 radical (unpaired) electrons. The number of benzene rings is 1. The smallest absolute Gasteiger partial charge is 0.220 e. The molecule has 4 rings (SSSR count). The number of aryl methyl sites for hydroxylation is 2. The first-order chi connectivity index (χ1) is 15.6. The lowest BCUT2D eigenvalue weighted by Crippen LogP contribution is -2.33. The van der Waals surface area contributed by atoms with E-state index < -0.39 is 0 Å². The van der Waals surface area contributed by atoms with Crippen molar-refractivity contribution in [3.05, 3.63) is 77.0 Å². The number of furan rings is 1. The molecule has 0 aliphatic rings. The number of anilines is 1. The van der Waals surface area contributed by atoms with Crippen LogP contribution in [-0.4, -0.2) is 31.8 Å². The van der Waals surface area contributed by atoms with Crippen molar-refractivity contribution in [1.29, 1.82) is 0 Å². The van der Waals surface area contributed by atoms with Gasteiger partial charge in [-0.3, -0.25) is 4.79 Å². The minimum atomic E-state index is -0.0262. The Morgan fingerprint density at radius 2 is 2.00 bits per heavy atom. The minimum absolute atomic E-state index is 0.0262. The average molecular weight is 453 g/mol. The van der Waals surface area contributed by atoms with Crippen LogP contribution in [-0.2, 0) is 24.2 Å². The monoisotopic (exact) mass is 452 g/mol. The van der Waals surface area contributed by atoms with Crippen molar-refractivity contribution in [2.45, 2.75) is 45.2 Å². The van der Waals surface area contributed by atoms with E-state index >= 15 is 0 Å². The maximum absolute atomic E-state index is 12.4. The SMILES string of the molecule is C[C@@H](CCc1ccco1)NC(=O)CCc1nnc2ccc(NCc3ccccc3Cl)nn12. The Hall–Kier alpha value is -3.39. The molecule has 3 aromatic heterocycles. The van der Waals surface area contributed by atoms with E-state index in [1.54, 1.807) is 10.8 Å². The quantitative estimate of drug-likeness (QED) is 0.376. The van der Waals surface area contributed by atoms with Gasteiger partial charge in [0.1, 0.15) is 11.6 Å². The molecular formula is C23H25ClN6O2. The Bertz CT molecular complexity index is 1170. The number of rotatable bonds is 10. The lowest BCUT2D eigenvalue weighted by atomic mass is 10.1. The highest BCUT2D eigenvalue weighted by Crippen LogP contribution is 2.17. The Labute approximate surface area is 191 Å². The van der Waals surface area contributed by atoms with Crippen LogP contribution < -0.4 is 10.6 Å². The first kappa shape index (κ1) is 21.8. The van der Waals surface area contributed by atoms with Gasteiger partial charge in [-0.2, -0.15) is 4.52 Å². The van der Waals surface area contributed by atoms with E-state index in [4.69, 9.17) is 16.0 Å². The fourth-order valence-corrected chi connectivity index (χ4v) is 3.57. The fourth-order valence-electron chi connectivity index (χ4n) is 3.37. The summed E-state index contributed by atoms with van der Waals surface area (Å²) in [5.41, 5.74) is 1.62. The maximum Gasteiger partial charge on any atom is 0.220 e. The van der Waals surface area contributed by atoms with Gasteiger partial charge in [-0.1, -0.05) is 29.8 Å². The highest BCUT2D eigenvalue weighted by atomic mass is 35.5. The highest BCUT2D eigenvalue weighted by molar-refractivity contribution is 6.31. The number of carbonyl (C=O) groups is 1. The molecule has 0 fully saturated rings. The van der Waals surface area contributed by atoms with Crippen LogP contribution in [0.5, 0.6) is 0 Å². The number of aromatic nitrogens is 4. The van der Waals surface area contributed by atoms with Crippen LogP contribution in [0.1, 0.15) is 36.9 Å². The van der Waals surface area contributed by atoms with Gasteiger partial charge in [-0.25, -0.2) is 0 Å². The Balaban J connectivity index is 1.31. The molecule has 3 heterocycles. The molecule has 0 bridgehead atoms. The lowest BCUT2D eigenvalue weighted by molar-refractivity contribution is -0.121. The summed E-state index contributed by atoms with van der Waals surface area (Å²) in [6.45, 7) is 2.54. The second-order valence-corrected chi connectivity index (χ2v) is 8.04. The van der Waals surface area contributed by atoms with Gasteiger partial charge in [0, 0.05) is 36.9 Å². The van der Waals surface area contributed by atoms with Crippen molar-refractivity contribution in [3.63, 3.8) is 0 Å². The summed E-state index contributed by atoms with van der Waals surface area (Å²) in [7, 11) is 0. The molecule has 0 aliphatic carbocycles. The van der Waals surface area contributed by atoms with Crippen LogP contribution in [0.4, 0.5) is 5.82 Å². The van der Waals surface area contributed by atoms with Crippen LogP contribution in [0.15, 0.2) is 59.2 Å². The van der Waals surface area contributed by atoms with Crippen LogP contribution in [0.25, 0.3) is 5.65 Å². The summed E-state index contributed by atoms with van der Waals surface area (Å²) in [6.07, 6.45) is 4.02. The van der Waals surface area contributed by atoms with Crippen molar-refractivity contribution in [2.75, 3.05) is 5.32 Å². The number of nitrogens with zero attached hydrogens (tertiary/aromatic N) is 4. The Morgan fingerprint density at radius 3 is 2.81 bits per heavy atom. The number of hydrogen-bond donors (Lipinski definition) is 2. The standard InChI is InChI=1S/C23H25ClN6O2/c1-16(8-9-18-6-4-14-32-18)26-23(31)13-12-22-28-27-21-11-10-20(29-30(21)22)25-15-17-5-2-3-7-19(17)24/h2-7,10-11,14,16H,8-9,12-13,15H2,1H3,(H,25,29)(H,26,31)/t16-/m0/s1. The van der Waals surface area contributed by atoms with Gasteiger partial charge < -0.3 is 15.1 Å². The summed E-state index contributed by atoms with van der Waals surface area (Å²) in [5, 5.41) is 19.9. The van der Waals surface area contributed by atoms with Crippen molar-refractivity contribution < 1.29 is 9.21 Å². The third-order valence-corrected chi connectivity index (χ3v) is 5.50. The summed E-state index contributed by atoms with van der Waals surface area (Å²) < 4.78 is 7.00. The van der Waals surface area contributed by atoms with Crippen molar-refractivity contribution in [3.8, 4) is 0 Å². The van der Waals surface area contributed by atoms with E-state index in [1.165, 1.54) is 0 Å². The van der Waals surface area contributed by atoms with Gasteiger partial charge in [0.2, 0.25) is 5.91 Å². The predicted molar refractivity (Wildman–Crippen MR) is 123 cm³/mol. The summed E-state index contributed by atoms with van der Waals surface area (Å²) >= 11 is 6.22. The lowest BCUT2D eigenvalue weighted by Gasteiger charge is -2.13. The summed E-state index contributed by atoms with van der Waals surface area (Å²) in [4.78, 5) is 12.4. The Morgan fingerprint density at radius 1 is 1.12 bits per heavy atom. The molecule has 0 spiro atoms. The molecule has 32 heavy (non-hydrogen) atoms. The molecule has 8 nitrogen and oxygen atoms in total. The molecule has 4 aromatic rings. The molecule has 0 aliphatic heterocycles. The van der Waals surface area contributed by atoms with Crippen LogP contribution in [0.2, 0.25) is 5.02 Å². The van der Waals surface area contributed by atoms with E-state index in [2.05, 4.69) is 25.9 Å². The number of carbonyl (C=O) groups excluding carboxylic acids is 1.